The molecule has 198 valence electrons. The minimum atomic E-state index is -1.14. The summed E-state index contributed by atoms with van der Waals surface area (Å²) >= 11 is 6.06. The number of carbonyl (C=O) groups excluding carboxylic acids is 1. The number of aryl methyl sites for hydroxylation is 1. The van der Waals surface area contributed by atoms with E-state index in [0.29, 0.717) is 22.4 Å². The van der Waals surface area contributed by atoms with Gasteiger partial charge in [0, 0.05) is 53.7 Å². The number of nitrogens with one attached hydrogen (secondary N) is 1. The quantitative estimate of drug-likeness (QED) is 0.452. The molecule has 2 fully saturated rings. The molecule has 3 aliphatic heterocycles. The number of fused-ring (bicyclic) bond motifs is 1. The molecule has 3 aromatic rings. The maximum absolute atomic E-state index is 13.0. The first-order valence-electron chi connectivity index (χ1n) is 12.9. The van der Waals surface area contributed by atoms with Crippen LogP contribution in [-0.4, -0.2) is 59.2 Å². The highest BCUT2D eigenvalue weighted by Crippen LogP contribution is 2.43. The summed E-state index contributed by atoms with van der Waals surface area (Å²) in [4.78, 5) is 26.8. The summed E-state index contributed by atoms with van der Waals surface area (Å²) in [5, 5.41) is 4.15. The van der Waals surface area contributed by atoms with Gasteiger partial charge in [-0.2, -0.15) is 4.98 Å². The Kier molecular flexibility index (Phi) is 6.74. The van der Waals surface area contributed by atoms with E-state index >= 15 is 0 Å². The van der Waals surface area contributed by atoms with Crippen molar-refractivity contribution < 1.29 is 13.7 Å². The van der Waals surface area contributed by atoms with Gasteiger partial charge < -0.3 is 19.9 Å². The van der Waals surface area contributed by atoms with Crippen molar-refractivity contribution in [3.05, 3.63) is 64.8 Å². The highest BCUT2D eigenvalue weighted by molar-refractivity contribution is 7.85. The van der Waals surface area contributed by atoms with Gasteiger partial charge in [0.2, 0.25) is 5.95 Å². The van der Waals surface area contributed by atoms with Gasteiger partial charge in [-0.05, 0) is 61.2 Å². The molecule has 1 N–H and O–H groups in total. The number of carbonyl (C=O) groups is 1. The molecule has 0 bridgehead atoms. The normalized spacial score (nSPS) is 19.7. The molecule has 0 saturated carbocycles. The van der Waals surface area contributed by atoms with E-state index in [9.17, 15) is 9.00 Å². The van der Waals surface area contributed by atoms with Crippen molar-refractivity contribution in [3.63, 3.8) is 0 Å². The standard InChI is InChI=1S/C28H30ClN5O3S/c1-37-24(35)15-19-4-8-21(9-5-19)30-26-25-23(3-2-14-38(25)36)31-27(32-26)33-13-12-28(16-33)17-34(18-28)22-10-6-20(29)7-11-22/h4-11H,2-3,12-18H2,1H3,(H,30,31,32)/t38-/m1/s1. The fourth-order valence-corrected chi connectivity index (χ4v) is 7.09. The second-order valence-corrected chi connectivity index (χ2v) is 12.3. The maximum atomic E-state index is 13.0. The minimum absolute atomic E-state index is 0.222. The SMILES string of the molecule is COC(=O)Cc1ccc(Nc2nc(N3CCC4(CN(c5ccc(Cl)cc5)C4)C3)nc3c2[S@](=O)CCC3)cc1. The number of nitrogens with zero attached hydrogens (tertiary/aromatic N) is 4. The van der Waals surface area contributed by atoms with Crippen LogP contribution in [0.4, 0.5) is 23.1 Å². The van der Waals surface area contributed by atoms with Crippen LogP contribution in [0.1, 0.15) is 24.1 Å². The third kappa shape index (κ3) is 4.97. The van der Waals surface area contributed by atoms with Gasteiger partial charge in [-0.3, -0.25) is 9.00 Å². The predicted molar refractivity (Wildman–Crippen MR) is 150 cm³/mol. The van der Waals surface area contributed by atoms with Gasteiger partial charge >= 0.3 is 5.97 Å². The van der Waals surface area contributed by atoms with Gasteiger partial charge in [0.1, 0.15) is 4.90 Å². The lowest BCUT2D eigenvalue weighted by Gasteiger charge is -2.49. The first-order valence-corrected chi connectivity index (χ1v) is 14.6. The molecular formula is C28H30ClN5O3S. The molecule has 3 aliphatic rings. The molecule has 1 spiro atoms. The number of methoxy groups -OCH3 is 1. The lowest BCUT2D eigenvalue weighted by Crippen LogP contribution is -2.57. The van der Waals surface area contributed by atoms with Crippen molar-refractivity contribution >= 4 is 51.5 Å². The van der Waals surface area contributed by atoms with Gasteiger partial charge in [0.05, 0.1) is 30.0 Å². The summed E-state index contributed by atoms with van der Waals surface area (Å²) in [6.45, 7) is 3.81. The van der Waals surface area contributed by atoms with Crippen LogP contribution in [0, 0.1) is 5.41 Å². The lowest BCUT2D eigenvalue weighted by atomic mass is 9.79. The summed E-state index contributed by atoms with van der Waals surface area (Å²) in [6, 6.07) is 15.6. The van der Waals surface area contributed by atoms with Crippen LogP contribution in [0.5, 0.6) is 0 Å². The van der Waals surface area contributed by atoms with E-state index in [4.69, 9.17) is 26.3 Å². The van der Waals surface area contributed by atoms with Crippen molar-refractivity contribution in [2.45, 2.75) is 30.6 Å². The van der Waals surface area contributed by atoms with E-state index < -0.39 is 10.8 Å². The molecule has 8 nitrogen and oxygen atoms in total. The van der Waals surface area contributed by atoms with Gasteiger partial charge in [0.25, 0.3) is 0 Å². The van der Waals surface area contributed by atoms with Crippen molar-refractivity contribution in [2.24, 2.45) is 5.41 Å². The molecule has 4 heterocycles. The zero-order valence-electron chi connectivity index (χ0n) is 21.3. The summed E-state index contributed by atoms with van der Waals surface area (Å²) in [5.41, 5.74) is 4.00. The second kappa shape index (κ2) is 10.2. The first kappa shape index (κ1) is 25.1. The maximum Gasteiger partial charge on any atom is 0.309 e. The van der Waals surface area contributed by atoms with E-state index in [0.717, 1.165) is 67.4 Å². The number of rotatable bonds is 6. The van der Waals surface area contributed by atoms with Crippen molar-refractivity contribution in [3.8, 4) is 0 Å². The molecular weight excluding hydrogens is 522 g/mol. The first-order chi connectivity index (χ1) is 18.4. The highest BCUT2D eigenvalue weighted by atomic mass is 35.5. The van der Waals surface area contributed by atoms with Gasteiger partial charge in [-0.15, -0.1) is 0 Å². The number of halogens is 1. The second-order valence-electron chi connectivity index (χ2n) is 10.4. The van der Waals surface area contributed by atoms with Crippen molar-refractivity contribution in [1.82, 2.24) is 9.97 Å². The number of aromatic nitrogens is 2. The Morgan fingerprint density at radius 1 is 1.08 bits per heavy atom. The van der Waals surface area contributed by atoms with Crippen molar-refractivity contribution in [1.29, 1.82) is 0 Å². The van der Waals surface area contributed by atoms with Crippen LogP contribution in [0.15, 0.2) is 53.4 Å². The lowest BCUT2D eigenvalue weighted by molar-refractivity contribution is -0.139. The number of hydrogen-bond donors (Lipinski definition) is 1. The summed E-state index contributed by atoms with van der Waals surface area (Å²) < 4.78 is 17.8. The van der Waals surface area contributed by atoms with E-state index in [1.165, 1.54) is 12.8 Å². The van der Waals surface area contributed by atoms with Crippen LogP contribution < -0.4 is 15.1 Å². The average molecular weight is 552 g/mol. The molecule has 0 amide bonds. The van der Waals surface area contributed by atoms with E-state index in [1.54, 1.807) is 0 Å². The summed E-state index contributed by atoms with van der Waals surface area (Å²) in [7, 11) is 0.246. The summed E-state index contributed by atoms with van der Waals surface area (Å²) in [5.74, 6) is 1.66. The molecule has 2 aromatic carbocycles. The van der Waals surface area contributed by atoms with Gasteiger partial charge in [0.15, 0.2) is 5.82 Å². The fraction of sp³-hybridized carbons (Fsp3) is 0.393. The average Bonchev–Trinajstić information content (AvgIpc) is 3.35. The number of ether oxygens (including phenoxy) is 1. The summed E-state index contributed by atoms with van der Waals surface area (Å²) in [6.07, 6.45) is 2.97. The largest absolute Gasteiger partial charge is 0.469 e. The van der Waals surface area contributed by atoms with E-state index in [1.807, 2.05) is 36.4 Å². The Bertz CT molecular complexity index is 1380. The van der Waals surface area contributed by atoms with E-state index in [2.05, 4.69) is 27.2 Å². The molecule has 1 atom stereocenters. The minimum Gasteiger partial charge on any atom is -0.469 e. The Labute approximate surface area is 229 Å². The third-order valence-electron chi connectivity index (χ3n) is 7.65. The zero-order valence-corrected chi connectivity index (χ0v) is 22.9. The molecule has 0 unspecified atom stereocenters. The molecule has 2 saturated heterocycles. The molecule has 0 radical (unpaired) electrons. The zero-order chi connectivity index (χ0) is 26.3. The molecule has 38 heavy (non-hydrogen) atoms. The Hall–Kier alpha value is -3.17. The predicted octanol–water partition coefficient (Wildman–Crippen LogP) is 4.36. The van der Waals surface area contributed by atoms with Gasteiger partial charge in [-0.25, -0.2) is 4.98 Å². The van der Waals surface area contributed by atoms with Gasteiger partial charge in [-0.1, -0.05) is 23.7 Å². The van der Waals surface area contributed by atoms with Crippen LogP contribution in [-0.2, 0) is 33.2 Å². The third-order valence-corrected chi connectivity index (χ3v) is 9.45. The molecule has 0 aliphatic carbocycles. The number of esters is 1. The Balaban J connectivity index is 1.21. The Morgan fingerprint density at radius 2 is 1.82 bits per heavy atom. The van der Waals surface area contributed by atoms with Crippen molar-refractivity contribution in [2.75, 3.05) is 54.2 Å². The molecule has 1 aromatic heterocycles. The van der Waals surface area contributed by atoms with Crippen LogP contribution >= 0.6 is 11.6 Å². The molecule has 10 heteroatoms. The molecule has 6 rings (SSSR count). The van der Waals surface area contributed by atoms with Crippen LogP contribution in [0.2, 0.25) is 5.02 Å². The highest BCUT2D eigenvalue weighted by Gasteiger charge is 2.48. The fourth-order valence-electron chi connectivity index (χ4n) is 5.63. The smallest absolute Gasteiger partial charge is 0.309 e. The van der Waals surface area contributed by atoms with Crippen LogP contribution in [0.25, 0.3) is 0 Å². The monoisotopic (exact) mass is 551 g/mol. The Morgan fingerprint density at radius 3 is 2.55 bits per heavy atom. The van der Waals surface area contributed by atoms with E-state index in [-0.39, 0.29) is 17.8 Å². The topological polar surface area (TPSA) is 87.7 Å². The van der Waals surface area contributed by atoms with Crippen LogP contribution in [0.3, 0.4) is 0 Å². The number of benzene rings is 2. The number of anilines is 4. The number of hydrogen-bond acceptors (Lipinski definition) is 8.